The normalized spacial score (nSPS) is 10.0. The summed E-state index contributed by atoms with van der Waals surface area (Å²) in [6.07, 6.45) is 4.75. The van der Waals surface area contributed by atoms with Crippen LogP contribution in [0.3, 0.4) is 0 Å². The number of amides is 1. The molecule has 4 nitrogen and oxygen atoms in total. The van der Waals surface area contributed by atoms with Gasteiger partial charge < -0.3 is 5.32 Å². The van der Waals surface area contributed by atoms with E-state index in [0.29, 0.717) is 16.4 Å². The van der Waals surface area contributed by atoms with Crippen LogP contribution >= 0.6 is 11.6 Å². The molecule has 17 heavy (non-hydrogen) atoms. The molecule has 0 aromatic carbocycles. The van der Waals surface area contributed by atoms with Crippen LogP contribution < -0.4 is 5.32 Å². The molecule has 86 valence electrons. The van der Waals surface area contributed by atoms with Crippen LogP contribution in [-0.2, 0) is 0 Å². The monoisotopic (exact) mass is 247 g/mol. The van der Waals surface area contributed by atoms with E-state index in [1.165, 1.54) is 12.4 Å². The van der Waals surface area contributed by atoms with Gasteiger partial charge in [-0.15, -0.1) is 0 Å². The second-order valence-corrected chi connectivity index (χ2v) is 3.96. The molecular formula is C12H10ClN3O. The zero-order valence-corrected chi connectivity index (χ0v) is 9.90. The molecule has 0 aliphatic rings. The molecule has 0 aliphatic carbocycles. The van der Waals surface area contributed by atoms with E-state index in [1.54, 1.807) is 24.4 Å². The molecule has 2 rings (SSSR count). The largest absolute Gasteiger partial charge is 0.322 e. The van der Waals surface area contributed by atoms with Crippen molar-refractivity contribution in [1.82, 2.24) is 9.97 Å². The van der Waals surface area contributed by atoms with Gasteiger partial charge in [-0.25, -0.2) is 4.98 Å². The third-order valence-corrected chi connectivity index (χ3v) is 2.33. The molecule has 2 aromatic heterocycles. The Morgan fingerprint density at radius 1 is 1.35 bits per heavy atom. The van der Waals surface area contributed by atoms with E-state index in [0.717, 1.165) is 5.56 Å². The molecule has 1 amide bonds. The van der Waals surface area contributed by atoms with Crippen LogP contribution in [0.2, 0.25) is 5.15 Å². The maximum atomic E-state index is 11.9. The molecule has 0 fully saturated rings. The van der Waals surface area contributed by atoms with Gasteiger partial charge in [0.1, 0.15) is 5.15 Å². The second kappa shape index (κ2) is 4.93. The smallest absolute Gasteiger partial charge is 0.257 e. The predicted octanol–water partition coefficient (Wildman–Crippen LogP) is 2.69. The summed E-state index contributed by atoms with van der Waals surface area (Å²) >= 11 is 5.72. The summed E-state index contributed by atoms with van der Waals surface area (Å²) in [6, 6.07) is 5.03. The van der Waals surface area contributed by atoms with Crippen molar-refractivity contribution in [3.8, 4) is 0 Å². The number of carbonyl (C=O) groups excluding carboxylic acids is 1. The van der Waals surface area contributed by atoms with Gasteiger partial charge in [-0.1, -0.05) is 11.6 Å². The molecule has 0 aliphatic heterocycles. The number of anilines is 1. The van der Waals surface area contributed by atoms with Crippen LogP contribution in [0.1, 0.15) is 15.9 Å². The van der Waals surface area contributed by atoms with E-state index in [4.69, 9.17) is 11.6 Å². The lowest BCUT2D eigenvalue weighted by molar-refractivity contribution is 0.102. The summed E-state index contributed by atoms with van der Waals surface area (Å²) in [5.74, 6) is -0.219. The maximum Gasteiger partial charge on any atom is 0.257 e. The highest BCUT2D eigenvalue weighted by Crippen LogP contribution is 2.13. The lowest BCUT2D eigenvalue weighted by atomic mass is 10.2. The SMILES string of the molecule is Cc1cncc(C(=O)Nc2ccnc(Cl)c2)c1. The Hall–Kier alpha value is -1.94. The molecule has 2 aromatic rings. The van der Waals surface area contributed by atoms with Gasteiger partial charge in [0, 0.05) is 24.3 Å². The first kappa shape index (κ1) is 11.5. The third kappa shape index (κ3) is 3.01. The van der Waals surface area contributed by atoms with E-state index < -0.39 is 0 Å². The van der Waals surface area contributed by atoms with Crippen molar-refractivity contribution in [3.05, 3.63) is 53.1 Å². The van der Waals surface area contributed by atoms with Crippen molar-refractivity contribution in [2.75, 3.05) is 5.32 Å². The number of rotatable bonds is 2. The summed E-state index contributed by atoms with van der Waals surface area (Å²) < 4.78 is 0. The number of hydrogen-bond acceptors (Lipinski definition) is 3. The van der Waals surface area contributed by atoms with Crippen LogP contribution in [0.15, 0.2) is 36.8 Å². The van der Waals surface area contributed by atoms with Crippen LogP contribution in [0.4, 0.5) is 5.69 Å². The maximum absolute atomic E-state index is 11.9. The Balaban J connectivity index is 2.17. The third-order valence-electron chi connectivity index (χ3n) is 2.12. The Bertz CT molecular complexity index is 557. The number of nitrogens with zero attached hydrogens (tertiary/aromatic N) is 2. The highest BCUT2D eigenvalue weighted by molar-refractivity contribution is 6.29. The van der Waals surface area contributed by atoms with Gasteiger partial charge in [0.2, 0.25) is 0 Å². The average Bonchev–Trinajstić information content (AvgIpc) is 2.29. The standard InChI is InChI=1S/C12H10ClN3O/c1-8-4-9(7-14-6-8)12(17)16-10-2-3-15-11(13)5-10/h2-7H,1H3,(H,15,16,17). The van der Waals surface area contributed by atoms with Crippen molar-refractivity contribution in [1.29, 1.82) is 0 Å². The van der Waals surface area contributed by atoms with E-state index in [9.17, 15) is 4.79 Å². The number of nitrogens with one attached hydrogen (secondary N) is 1. The second-order valence-electron chi connectivity index (χ2n) is 3.57. The number of carbonyl (C=O) groups is 1. The summed E-state index contributed by atoms with van der Waals surface area (Å²) in [5, 5.41) is 3.06. The number of halogens is 1. The zero-order valence-electron chi connectivity index (χ0n) is 9.14. The van der Waals surface area contributed by atoms with Crippen LogP contribution in [-0.4, -0.2) is 15.9 Å². The highest BCUT2D eigenvalue weighted by Gasteiger charge is 2.06. The fraction of sp³-hybridized carbons (Fsp3) is 0.0833. The van der Waals surface area contributed by atoms with Gasteiger partial charge in [0.15, 0.2) is 0 Å². The fourth-order valence-electron chi connectivity index (χ4n) is 1.36. The minimum Gasteiger partial charge on any atom is -0.322 e. The molecule has 0 radical (unpaired) electrons. The van der Waals surface area contributed by atoms with E-state index in [1.807, 2.05) is 6.92 Å². The Morgan fingerprint density at radius 3 is 2.88 bits per heavy atom. The molecule has 0 atom stereocenters. The minimum absolute atomic E-state index is 0.219. The highest BCUT2D eigenvalue weighted by atomic mass is 35.5. The van der Waals surface area contributed by atoms with Gasteiger partial charge in [-0.2, -0.15) is 0 Å². The number of aromatic nitrogens is 2. The van der Waals surface area contributed by atoms with Gasteiger partial charge in [0.05, 0.1) is 5.56 Å². The minimum atomic E-state index is -0.219. The molecule has 1 N–H and O–H groups in total. The molecule has 0 spiro atoms. The summed E-state index contributed by atoms with van der Waals surface area (Å²) in [6.45, 7) is 1.88. The van der Waals surface area contributed by atoms with Crippen molar-refractivity contribution < 1.29 is 4.79 Å². The van der Waals surface area contributed by atoms with E-state index in [-0.39, 0.29) is 5.91 Å². The van der Waals surface area contributed by atoms with Gasteiger partial charge in [-0.3, -0.25) is 9.78 Å². The van der Waals surface area contributed by atoms with Crippen molar-refractivity contribution in [2.45, 2.75) is 6.92 Å². The molecule has 0 saturated heterocycles. The molecule has 2 heterocycles. The first-order chi connectivity index (χ1) is 8.15. The Kier molecular flexibility index (Phi) is 3.35. The first-order valence-corrected chi connectivity index (χ1v) is 5.37. The van der Waals surface area contributed by atoms with Crippen molar-refractivity contribution in [2.24, 2.45) is 0 Å². The Labute approximate surface area is 104 Å². The van der Waals surface area contributed by atoms with Crippen LogP contribution in [0.25, 0.3) is 0 Å². The van der Waals surface area contributed by atoms with E-state index in [2.05, 4.69) is 15.3 Å². The summed E-state index contributed by atoms with van der Waals surface area (Å²) in [7, 11) is 0. The van der Waals surface area contributed by atoms with Crippen molar-refractivity contribution in [3.63, 3.8) is 0 Å². The zero-order chi connectivity index (χ0) is 12.3. The van der Waals surface area contributed by atoms with Gasteiger partial charge >= 0.3 is 0 Å². The molecule has 0 saturated carbocycles. The first-order valence-electron chi connectivity index (χ1n) is 5.00. The van der Waals surface area contributed by atoms with Crippen molar-refractivity contribution >= 4 is 23.2 Å². The molecule has 0 bridgehead atoms. The molecular weight excluding hydrogens is 238 g/mol. The Morgan fingerprint density at radius 2 is 2.18 bits per heavy atom. The fourth-order valence-corrected chi connectivity index (χ4v) is 1.54. The number of hydrogen-bond donors (Lipinski definition) is 1. The van der Waals surface area contributed by atoms with E-state index >= 15 is 0 Å². The van der Waals surface area contributed by atoms with Crippen LogP contribution in [0.5, 0.6) is 0 Å². The number of pyridine rings is 2. The quantitative estimate of drug-likeness (QED) is 0.830. The molecule has 0 unspecified atom stereocenters. The lowest BCUT2D eigenvalue weighted by Crippen LogP contribution is -2.12. The van der Waals surface area contributed by atoms with Gasteiger partial charge in [-0.05, 0) is 30.7 Å². The predicted molar refractivity (Wildman–Crippen MR) is 66.2 cm³/mol. The lowest BCUT2D eigenvalue weighted by Gasteiger charge is -2.05. The summed E-state index contributed by atoms with van der Waals surface area (Å²) in [4.78, 5) is 19.7. The summed E-state index contributed by atoms with van der Waals surface area (Å²) in [5.41, 5.74) is 2.06. The van der Waals surface area contributed by atoms with Crippen LogP contribution in [0, 0.1) is 6.92 Å². The topological polar surface area (TPSA) is 54.9 Å². The number of aryl methyl sites for hydroxylation is 1. The molecule has 5 heteroatoms. The van der Waals surface area contributed by atoms with Gasteiger partial charge in [0.25, 0.3) is 5.91 Å². The average molecular weight is 248 g/mol.